The maximum atomic E-state index is 13.2. The molecule has 244 valence electrons. The topological polar surface area (TPSA) is 186 Å². The molecule has 1 unspecified atom stereocenters. The SMILES string of the molecule is Cc1ccc(S(=O)(=O)OCCOCCOCCOCCOCCNc2cccc3nnn(C4CCC(=O)NC4=O)c(=O)c23)cc1. The van der Waals surface area contributed by atoms with E-state index in [2.05, 4.69) is 20.9 Å². The van der Waals surface area contributed by atoms with Crippen molar-refractivity contribution in [3.05, 3.63) is 58.4 Å². The van der Waals surface area contributed by atoms with E-state index < -0.39 is 27.6 Å². The van der Waals surface area contributed by atoms with Crippen LogP contribution in [0.3, 0.4) is 0 Å². The molecule has 45 heavy (non-hydrogen) atoms. The molecule has 0 radical (unpaired) electrons. The third-order valence-corrected chi connectivity index (χ3v) is 8.00. The fraction of sp³-hybridized carbons (Fsp3) is 0.483. The van der Waals surface area contributed by atoms with Gasteiger partial charge in [-0.25, -0.2) is 0 Å². The summed E-state index contributed by atoms with van der Waals surface area (Å²) in [6.45, 7) is 4.74. The first-order valence-corrected chi connectivity index (χ1v) is 15.9. The highest BCUT2D eigenvalue weighted by atomic mass is 32.2. The molecule has 1 aliphatic rings. The zero-order chi connectivity index (χ0) is 32.1. The molecule has 0 saturated carbocycles. The number of nitrogens with one attached hydrogen (secondary N) is 2. The maximum absolute atomic E-state index is 13.2. The molecule has 15 nitrogen and oxygen atoms in total. The van der Waals surface area contributed by atoms with Crippen LogP contribution in [0.4, 0.5) is 5.69 Å². The number of amides is 2. The van der Waals surface area contributed by atoms with Gasteiger partial charge in [-0.3, -0.25) is 23.9 Å². The number of piperidine rings is 1. The number of hydrogen-bond acceptors (Lipinski definition) is 13. The van der Waals surface area contributed by atoms with Crippen molar-refractivity contribution in [3.8, 4) is 0 Å². The van der Waals surface area contributed by atoms with Crippen LogP contribution in [0.1, 0.15) is 24.4 Å². The maximum Gasteiger partial charge on any atom is 0.297 e. The summed E-state index contributed by atoms with van der Waals surface area (Å²) in [4.78, 5) is 37.0. The van der Waals surface area contributed by atoms with Crippen LogP contribution in [0.15, 0.2) is 52.2 Å². The lowest BCUT2D eigenvalue weighted by atomic mass is 10.1. The number of carbonyl (C=O) groups is 2. The second kappa shape index (κ2) is 17.0. The summed E-state index contributed by atoms with van der Waals surface area (Å²) < 4.78 is 52.0. The van der Waals surface area contributed by atoms with Gasteiger partial charge in [0.2, 0.25) is 5.91 Å². The highest BCUT2D eigenvalue weighted by Crippen LogP contribution is 2.20. The van der Waals surface area contributed by atoms with Crippen LogP contribution >= 0.6 is 0 Å². The first kappa shape index (κ1) is 34.1. The Labute approximate surface area is 260 Å². The Hall–Kier alpha value is -3.80. The molecule has 0 bridgehead atoms. The van der Waals surface area contributed by atoms with Gasteiger partial charge in [-0.1, -0.05) is 29.0 Å². The normalized spacial score (nSPS) is 15.4. The van der Waals surface area contributed by atoms with E-state index in [0.29, 0.717) is 62.8 Å². The molecule has 2 aromatic carbocycles. The fourth-order valence-corrected chi connectivity index (χ4v) is 5.25. The first-order valence-electron chi connectivity index (χ1n) is 14.5. The van der Waals surface area contributed by atoms with Crippen molar-refractivity contribution in [1.29, 1.82) is 0 Å². The number of benzene rings is 2. The lowest BCUT2D eigenvalue weighted by Gasteiger charge is -2.21. The Morgan fingerprint density at radius 1 is 0.867 bits per heavy atom. The second-order valence-electron chi connectivity index (χ2n) is 9.97. The summed E-state index contributed by atoms with van der Waals surface area (Å²) in [5.41, 5.74) is 1.41. The molecule has 0 spiro atoms. The number of nitrogens with zero attached hydrogens (tertiary/aromatic N) is 3. The minimum absolute atomic E-state index is 0.0876. The molecule has 3 aromatic rings. The molecule has 0 aliphatic carbocycles. The number of aryl methyl sites for hydroxylation is 1. The fourth-order valence-electron chi connectivity index (χ4n) is 4.36. The predicted octanol–water partition coefficient (Wildman–Crippen LogP) is 0.961. The van der Waals surface area contributed by atoms with E-state index in [1.807, 2.05) is 6.92 Å². The summed E-state index contributed by atoms with van der Waals surface area (Å²) in [7, 11) is -3.80. The molecule has 2 heterocycles. The first-order chi connectivity index (χ1) is 21.8. The molecule has 2 amide bonds. The van der Waals surface area contributed by atoms with Gasteiger partial charge in [0.25, 0.3) is 21.6 Å². The molecular weight excluding hydrogens is 610 g/mol. The lowest BCUT2D eigenvalue weighted by Crippen LogP contribution is -2.45. The number of fused-ring (bicyclic) bond motifs is 1. The van der Waals surface area contributed by atoms with Crippen LogP contribution in [0.25, 0.3) is 10.9 Å². The van der Waals surface area contributed by atoms with E-state index in [4.69, 9.17) is 23.1 Å². The van der Waals surface area contributed by atoms with Crippen molar-refractivity contribution in [2.75, 3.05) is 71.3 Å². The van der Waals surface area contributed by atoms with Gasteiger partial charge in [0.1, 0.15) is 11.6 Å². The molecule has 1 atom stereocenters. The Morgan fingerprint density at radius 3 is 2.13 bits per heavy atom. The molecule has 2 N–H and O–H groups in total. The van der Waals surface area contributed by atoms with Gasteiger partial charge in [-0.2, -0.15) is 13.1 Å². The number of hydrogen-bond donors (Lipinski definition) is 2. The minimum Gasteiger partial charge on any atom is -0.382 e. The van der Waals surface area contributed by atoms with Crippen LogP contribution in [0.5, 0.6) is 0 Å². The monoisotopic (exact) mass is 647 g/mol. The smallest absolute Gasteiger partial charge is 0.297 e. The number of aromatic nitrogens is 3. The summed E-state index contributed by atoms with van der Waals surface area (Å²) >= 11 is 0. The van der Waals surface area contributed by atoms with Gasteiger partial charge in [-0.05, 0) is 37.6 Å². The molecule has 16 heteroatoms. The van der Waals surface area contributed by atoms with Gasteiger partial charge >= 0.3 is 0 Å². The molecular formula is C29H37N5O10S. The predicted molar refractivity (Wildman–Crippen MR) is 161 cm³/mol. The van der Waals surface area contributed by atoms with Crippen molar-refractivity contribution in [2.24, 2.45) is 0 Å². The van der Waals surface area contributed by atoms with Gasteiger partial charge in [0.15, 0.2) is 0 Å². The average Bonchev–Trinajstić information content (AvgIpc) is 3.01. The lowest BCUT2D eigenvalue weighted by molar-refractivity contribution is -0.136. The summed E-state index contributed by atoms with van der Waals surface area (Å²) in [6.07, 6.45) is 0.299. The zero-order valence-electron chi connectivity index (χ0n) is 24.9. The van der Waals surface area contributed by atoms with E-state index in [9.17, 15) is 22.8 Å². The van der Waals surface area contributed by atoms with Gasteiger partial charge in [0.05, 0.1) is 69.7 Å². The van der Waals surface area contributed by atoms with Gasteiger partial charge in [-0.15, -0.1) is 5.10 Å². The molecule has 4 rings (SSSR count). The van der Waals surface area contributed by atoms with E-state index >= 15 is 0 Å². The number of rotatable bonds is 19. The van der Waals surface area contributed by atoms with Gasteiger partial charge < -0.3 is 24.3 Å². The standard InChI is InChI=1S/C29H37N5O10S/c1-21-5-7-22(8-6-21)45(38,39)44-20-19-43-18-17-42-16-15-41-14-13-40-12-11-30-23-3-2-4-24-27(23)29(37)34(33-32-24)25-9-10-26(35)31-28(25)36/h2-8,25,30H,9-20H2,1H3,(H,31,35,36). The molecule has 1 saturated heterocycles. The van der Waals surface area contributed by atoms with E-state index in [1.165, 1.54) is 12.1 Å². The van der Waals surface area contributed by atoms with E-state index in [1.54, 1.807) is 30.3 Å². The van der Waals surface area contributed by atoms with E-state index in [-0.39, 0.29) is 43.5 Å². The minimum atomic E-state index is -3.80. The summed E-state index contributed by atoms with van der Waals surface area (Å²) in [6, 6.07) is 10.7. The van der Waals surface area contributed by atoms with Crippen molar-refractivity contribution >= 4 is 38.5 Å². The van der Waals surface area contributed by atoms with Gasteiger partial charge in [0, 0.05) is 18.7 Å². The molecule has 1 aromatic heterocycles. The Balaban J connectivity index is 1.03. The van der Waals surface area contributed by atoms with Crippen LogP contribution < -0.4 is 16.2 Å². The summed E-state index contributed by atoms with van der Waals surface area (Å²) in [5, 5.41) is 13.7. The highest BCUT2D eigenvalue weighted by Gasteiger charge is 2.30. The van der Waals surface area contributed by atoms with Crippen LogP contribution in [0.2, 0.25) is 0 Å². The quantitative estimate of drug-likeness (QED) is 0.107. The number of carbonyl (C=O) groups excluding carboxylic acids is 2. The molecule has 1 fully saturated rings. The Kier molecular flexibility index (Phi) is 12.9. The van der Waals surface area contributed by atoms with Crippen molar-refractivity contribution in [2.45, 2.75) is 30.7 Å². The van der Waals surface area contributed by atoms with Crippen molar-refractivity contribution < 1.29 is 41.1 Å². The average molecular weight is 648 g/mol. The number of anilines is 1. The summed E-state index contributed by atoms with van der Waals surface area (Å²) in [5.74, 6) is -0.952. The Morgan fingerprint density at radius 2 is 1.49 bits per heavy atom. The Bertz CT molecular complexity index is 1600. The van der Waals surface area contributed by atoms with Crippen LogP contribution in [-0.4, -0.2) is 101 Å². The highest BCUT2D eigenvalue weighted by molar-refractivity contribution is 7.86. The zero-order valence-corrected chi connectivity index (χ0v) is 25.8. The van der Waals surface area contributed by atoms with E-state index in [0.717, 1.165) is 10.2 Å². The van der Waals surface area contributed by atoms with Crippen LogP contribution in [0, 0.1) is 6.92 Å². The number of imide groups is 1. The third kappa shape index (κ3) is 10.1. The van der Waals surface area contributed by atoms with Crippen LogP contribution in [-0.2, 0) is 42.8 Å². The largest absolute Gasteiger partial charge is 0.382 e. The van der Waals surface area contributed by atoms with Crippen molar-refractivity contribution in [3.63, 3.8) is 0 Å². The van der Waals surface area contributed by atoms with Crippen molar-refractivity contribution in [1.82, 2.24) is 20.3 Å². The third-order valence-electron chi connectivity index (χ3n) is 6.67. The number of ether oxygens (including phenoxy) is 4. The molecule has 1 aliphatic heterocycles. The second-order valence-corrected chi connectivity index (χ2v) is 11.6.